The fraction of sp³-hybridized carbons (Fsp3) is 0.227. The van der Waals surface area contributed by atoms with Crippen LogP contribution >= 0.6 is 0 Å². The topological polar surface area (TPSA) is 49.6 Å². The number of aromatic nitrogens is 4. The van der Waals surface area contributed by atoms with E-state index in [0.29, 0.717) is 0 Å². The monoisotopic (exact) mass is 370 g/mol. The van der Waals surface area contributed by atoms with Crippen LogP contribution < -0.4 is 9.80 Å². The third kappa shape index (κ3) is 2.97. The summed E-state index contributed by atoms with van der Waals surface area (Å²) in [6, 6.07) is 16.6. The molecule has 0 unspecified atom stereocenters. The van der Waals surface area contributed by atoms with Crippen LogP contribution in [0.4, 0.5) is 11.6 Å². The van der Waals surface area contributed by atoms with Crippen molar-refractivity contribution in [3.63, 3.8) is 0 Å². The summed E-state index contributed by atoms with van der Waals surface area (Å²) in [5.74, 6) is 2.04. The lowest BCUT2D eigenvalue weighted by molar-refractivity contribution is 0.642. The summed E-state index contributed by atoms with van der Waals surface area (Å²) in [4.78, 5) is 13.8. The van der Waals surface area contributed by atoms with Gasteiger partial charge in [-0.15, -0.1) is 0 Å². The van der Waals surface area contributed by atoms with Crippen LogP contribution in [0, 0.1) is 6.92 Å². The first-order chi connectivity index (χ1) is 13.8. The maximum absolute atomic E-state index is 4.79. The van der Waals surface area contributed by atoms with Crippen molar-refractivity contribution in [3.8, 4) is 11.3 Å². The molecule has 4 aromatic rings. The number of hydrogen-bond acceptors (Lipinski definition) is 5. The fourth-order valence-electron chi connectivity index (χ4n) is 3.83. The van der Waals surface area contributed by atoms with Crippen molar-refractivity contribution in [2.75, 3.05) is 36.0 Å². The lowest BCUT2D eigenvalue weighted by atomic mass is 10.1. The van der Waals surface area contributed by atoms with E-state index >= 15 is 0 Å². The highest BCUT2D eigenvalue weighted by molar-refractivity contribution is 5.76. The fourth-order valence-corrected chi connectivity index (χ4v) is 3.83. The van der Waals surface area contributed by atoms with Crippen LogP contribution in [-0.2, 0) is 0 Å². The van der Waals surface area contributed by atoms with E-state index in [2.05, 4.69) is 63.1 Å². The number of benzene rings is 1. The molecular formula is C22H22N6. The highest BCUT2D eigenvalue weighted by Gasteiger charge is 2.21. The second kappa shape index (κ2) is 6.96. The van der Waals surface area contributed by atoms with Crippen molar-refractivity contribution in [1.29, 1.82) is 0 Å². The summed E-state index contributed by atoms with van der Waals surface area (Å²) in [5, 5.41) is 4.79. The van der Waals surface area contributed by atoms with Gasteiger partial charge in [0.1, 0.15) is 11.3 Å². The third-order valence-corrected chi connectivity index (χ3v) is 5.34. The van der Waals surface area contributed by atoms with E-state index in [-0.39, 0.29) is 0 Å². The van der Waals surface area contributed by atoms with E-state index in [1.165, 1.54) is 5.56 Å². The number of pyridine rings is 1. The zero-order valence-electron chi connectivity index (χ0n) is 15.9. The number of nitrogens with zero attached hydrogens (tertiary/aromatic N) is 6. The Morgan fingerprint density at radius 1 is 0.821 bits per heavy atom. The van der Waals surface area contributed by atoms with Gasteiger partial charge in [0.15, 0.2) is 5.82 Å². The molecule has 0 amide bonds. The second-order valence-corrected chi connectivity index (χ2v) is 7.09. The lowest BCUT2D eigenvalue weighted by Gasteiger charge is -2.36. The molecule has 140 valence electrons. The first-order valence-corrected chi connectivity index (χ1v) is 9.61. The van der Waals surface area contributed by atoms with Crippen LogP contribution in [0.1, 0.15) is 5.56 Å². The van der Waals surface area contributed by atoms with Gasteiger partial charge in [-0.25, -0.2) is 14.5 Å². The Balaban J connectivity index is 1.43. The molecule has 0 bridgehead atoms. The first kappa shape index (κ1) is 16.7. The van der Waals surface area contributed by atoms with Gasteiger partial charge in [-0.05, 0) is 30.7 Å². The van der Waals surface area contributed by atoms with Gasteiger partial charge < -0.3 is 9.80 Å². The van der Waals surface area contributed by atoms with Crippen molar-refractivity contribution in [2.45, 2.75) is 6.92 Å². The van der Waals surface area contributed by atoms with Crippen LogP contribution in [0.25, 0.3) is 16.8 Å². The lowest BCUT2D eigenvalue weighted by Crippen LogP contribution is -2.47. The zero-order chi connectivity index (χ0) is 18.9. The second-order valence-electron chi connectivity index (χ2n) is 7.09. The third-order valence-electron chi connectivity index (χ3n) is 5.34. The summed E-state index contributed by atoms with van der Waals surface area (Å²) < 4.78 is 1.94. The quantitative estimate of drug-likeness (QED) is 0.553. The Morgan fingerprint density at radius 2 is 1.61 bits per heavy atom. The number of aryl methyl sites for hydroxylation is 1. The smallest absolute Gasteiger partial charge is 0.154 e. The maximum Gasteiger partial charge on any atom is 0.154 e. The van der Waals surface area contributed by atoms with E-state index < -0.39 is 0 Å². The summed E-state index contributed by atoms with van der Waals surface area (Å²) in [6.45, 7) is 5.80. The van der Waals surface area contributed by atoms with Gasteiger partial charge in [0.05, 0.1) is 5.69 Å². The molecule has 0 radical (unpaired) electrons. The molecule has 1 aliphatic rings. The van der Waals surface area contributed by atoms with Crippen molar-refractivity contribution in [2.24, 2.45) is 0 Å². The highest BCUT2D eigenvalue weighted by atomic mass is 15.3. The van der Waals surface area contributed by atoms with Gasteiger partial charge in [0.25, 0.3) is 0 Å². The average molecular weight is 370 g/mol. The van der Waals surface area contributed by atoms with Crippen molar-refractivity contribution in [1.82, 2.24) is 19.6 Å². The van der Waals surface area contributed by atoms with Gasteiger partial charge in [-0.2, -0.15) is 5.10 Å². The molecule has 6 heteroatoms. The molecule has 1 fully saturated rings. The van der Waals surface area contributed by atoms with Crippen LogP contribution in [0.3, 0.4) is 0 Å². The number of anilines is 2. The Labute approximate surface area is 164 Å². The maximum atomic E-state index is 4.79. The van der Waals surface area contributed by atoms with Crippen molar-refractivity contribution >= 4 is 17.2 Å². The molecule has 6 nitrogen and oxygen atoms in total. The summed E-state index contributed by atoms with van der Waals surface area (Å²) >= 11 is 0. The van der Waals surface area contributed by atoms with Gasteiger partial charge in [0.2, 0.25) is 0 Å². The Bertz CT molecular complexity index is 1100. The number of rotatable bonds is 3. The van der Waals surface area contributed by atoms with Gasteiger partial charge >= 0.3 is 0 Å². The van der Waals surface area contributed by atoms with Crippen LogP contribution in [0.2, 0.25) is 0 Å². The molecule has 4 heterocycles. The molecule has 1 aliphatic heterocycles. The van der Waals surface area contributed by atoms with Crippen molar-refractivity contribution in [3.05, 3.63) is 72.7 Å². The zero-order valence-corrected chi connectivity index (χ0v) is 15.9. The molecule has 3 aromatic heterocycles. The Kier molecular flexibility index (Phi) is 4.16. The minimum Gasteiger partial charge on any atom is -0.353 e. The normalized spacial score (nSPS) is 14.6. The minimum atomic E-state index is 0.911. The average Bonchev–Trinajstić information content (AvgIpc) is 3.19. The number of fused-ring (bicyclic) bond motifs is 1. The van der Waals surface area contributed by atoms with E-state index in [1.54, 1.807) is 0 Å². The molecule has 1 saturated heterocycles. The summed E-state index contributed by atoms with van der Waals surface area (Å²) in [6.07, 6.45) is 5.61. The van der Waals surface area contributed by atoms with Gasteiger partial charge in [0, 0.05) is 50.3 Å². The van der Waals surface area contributed by atoms with Crippen molar-refractivity contribution < 1.29 is 0 Å². The highest BCUT2D eigenvalue weighted by Crippen LogP contribution is 2.27. The SMILES string of the molecule is Cc1ccccc1-c1cc2c(N3CCN(c4ccccn4)CC3)nccn2n1. The predicted molar refractivity (Wildman–Crippen MR) is 112 cm³/mol. The number of piperazine rings is 1. The molecule has 0 N–H and O–H groups in total. The van der Waals surface area contributed by atoms with E-state index in [1.807, 2.05) is 35.2 Å². The Morgan fingerprint density at radius 3 is 2.39 bits per heavy atom. The molecule has 28 heavy (non-hydrogen) atoms. The number of hydrogen-bond donors (Lipinski definition) is 0. The minimum absolute atomic E-state index is 0.911. The standard InChI is InChI=1S/C22H22N6/c1-17-6-2-3-7-18(17)19-16-20-22(24-10-11-28(20)25-19)27-14-12-26(13-15-27)21-8-4-5-9-23-21/h2-11,16H,12-15H2,1H3. The molecule has 5 rings (SSSR count). The molecule has 0 saturated carbocycles. The summed E-state index contributed by atoms with van der Waals surface area (Å²) in [7, 11) is 0. The molecule has 0 aliphatic carbocycles. The van der Waals surface area contributed by atoms with E-state index in [0.717, 1.165) is 54.6 Å². The summed E-state index contributed by atoms with van der Waals surface area (Å²) in [5.41, 5.74) is 4.42. The molecular weight excluding hydrogens is 348 g/mol. The van der Waals surface area contributed by atoms with E-state index in [9.17, 15) is 0 Å². The Hall–Kier alpha value is -3.41. The van der Waals surface area contributed by atoms with Gasteiger partial charge in [-0.3, -0.25) is 0 Å². The predicted octanol–water partition coefficient (Wildman–Crippen LogP) is 3.43. The van der Waals surface area contributed by atoms with E-state index in [4.69, 9.17) is 5.10 Å². The van der Waals surface area contributed by atoms with Crippen LogP contribution in [-0.4, -0.2) is 45.8 Å². The molecule has 0 spiro atoms. The largest absolute Gasteiger partial charge is 0.353 e. The first-order valence-electron chi connectivity index (χ1n) is 9.61. The van der Waals surface area contributed by atoms with Crippen LogP contribution in [0.15, 0.2) is 67.1 Å². The van der Waals surface area contributed by atoms with Gasteiger partial charge in [-0.1, -0.05) is 30.3 Å². The van der Waals surface area contributed by atoms with Crippen LogP contribution in [0.5, 0.6) is 0 Å². The molecule has 0 atom stereocenters. The molecule has 1 aromatic carbocycles.